The number of halogens is 1. The molecule has 0 saturated carbocycles. The number of methoxy groups -OCH3 is 1. The SMILES string of the molecule is C=CCc1cc(/C=C(\C#N)C(=O)Nc2ccccc2Cl)cc(OC)c1OCc1ccccc1C#N. The van der Waals surface area contributed by atoms with Crippen molar-refractivity contribution in [3.63, 3.8) is 0 Å². The lowest BCUT2D eigenvalue weighted by Crippen LogP contribution is -2.13. The Kier molecular flexibility index (Phi) is 8.67. The number of carbonyl (C=O) groups excluding carboxylic acids is 1. The zero-order valence-corrected chi connectivity index (χ0v) is 19.8. The first-order chi connectivity index (χ1) is 17.0. The largest absolute Gasteiger partial charge is 0.493 e. The minimum atomic E-state index is -0.585. The highest BCUT2D eigenvalue weighted by Gasteiger charge is 2.16. The number of para-hydroxylation sites is 1. The molecule has 0 saturated heterocycles. The van der Waals surface area contributed by atoms with Crippen molar-refractivity contribution in [2.24, 2.45) is 0 Å². The molecule has 0 heterocycles. The van der Waals surface area contributed by atoms with Gasteiger partial charge in [0.2, 0.25) is 0 Å². The van der Waals surface area contributed by atoms with E-state index >= 15 is 0 Å². The average Bonchev–Trinajstić information content (AvgIpc) is 2.87. The molecular formula is C28H22ClN3O3. The van der Waals surface area contributed by atoms with E-state index < -0.39 is 5.91 Å². The van der Waals surface area contributed by atoms with Gasteiger partial charge in [0, 0.05) is 11.1 Å². The summed E-state index contributed by atoms with van der Waals surface area (Å²) in [4.78, 5) is 12.7. The molecule has 0 aliphatic heterocycles. The highest BCUT2D eigenvalue weighted by Crippen LogP contribution is 2.35. The van der Waals surface area contributed by atoms with Crippen LogP contribution in [0, 0.1) is 22.7 Å². The maximum atomic E-state index is 12.7. The molecule has 0 spiro atoms. The summed E-state index contributed by atoms with van der Waals surface area (Å²) >= 11 is 6.11. The van der Waals surface area contributed by atoms with Crippen LogP contribution < -0.4 is 14.8 Å². The lowest BCUT2D eigenvalue weighted by molar-refractivity contribution is -0.112. The van der Waals surface area contributed by atoms with Crippen molar-refractivity contribution in [1.82, 2.24) is 0 Å². The molecule has 0 atom stereocenters. The fourth-order valence-electron chi connectivity index (χ4n) is 3.36. The number of nitriles is 2. The van der Waals surface area contributed by atoms with Crippen molar-refractivity contribution in [2.75, 3.05) is 12.4 Å². The predicted octanol–water partition coefficient (Wildman–Crippen LogP) is 6.07. The van der Waals surface area contributed by atoms with E-state index in [1.807, 2.05) is 18.2 Å². The van der Waals surface area contributed by atoms with Gasteiger partial charge in [-0.3, -0.25) is 4.79 Å². The zero-order valence-electron chi connectivity index (χ0n) is 19.0. The predicted molar refractivity (Wildman–Crippen MR) is 136 cm³/mol. The van der Waals surface area contributed by atoms with E-state index in [0.29, 0.717) is 39.8 Å². The standard InChI is InChI=1S/C28H22ClN3O3/c1-3-8-20-13-19(14-23(17-31)28(33)32-25-12-7-6-11-24(25)29)15-26(34-2)27(20)35-18-22-10-5-4-9-21(22)16-30/h3-7,9-15H,1,8,18H2,2H3,(H,32,33)/b23-14+. The van der Waals surface area contributed by atoms with Crippen molar-refractivity contribution in [1.29, 1.82) is 10.5 Å². The summed E-state index contributed by atoms with van der Waals surface area (Å²) in [5.74, 6) is 0.337. The second-order valence-corrected chi connectivity index (χ2v) is 7.77. The monoisotopic (exact) mass is 483 g/mol. The van der Waals surface area contributed by atoms with Gasteiger partial charge < -0.3 is 14.8 Å². The molecule has 0 aromatic heterocycles. The Bertz CT molecular complexity index is 1370. The molecule has 0 aliphatic carbocycles. The molecule has 6 nitrogen and oxygen atoms in total. The fourth-order valence-corrected chi connectivity index (χ4v) is 3.55. The third kappa shape index (κ3) is 6.29. The number of amides is 1. The van der Waals surface area contributed by atoms with Gasteiger partial charge >= 0.3 is 0 Å². The van der Waals surface area contributed by atoms with Crippen LogP contribution in [-0.2, 0) is 17.8 Å². The lowest BCUT2D eigenvalue weighted by atomic mass is 10.0. The molecule has 0 fully saturated rings. The number of rotatable bonds is 9. The van der Waals surface area contributed by atoms with Crippen molar-refractivity contribution >= 4 is 29.3 Å². The Morgan fingerprint density at radius 1 is 1.11 bits per heavy atom. The minimum Gasteiger partial charge on any atom is -0.493 e. The lowest BCUT2D eigenvalue weighted by Gasteiger charge is -2.16. The molecule has 3 aromatic rings. The maximum Gasteiger partial charge on any atom is 0.266 e. The molecule has 174 valence electrons. The van der Waals surface area contributed by atoms with Gasteiger partial charge in [0.25, 0.3) is 5.91 Å². The molecule has 0 bridgehead atoms. The number of nitrogens with one attached hydrogen (secondary N) is 1. The molecule has 3 rings (SSSR count). The number of hydrogen-bond donors (Lipinski definition) is 1. The number of ether oxygens (including phenoxy) is 2. The topological polar surface area (TPSA) is 95.1 Å². The molecule has 7 heteroatoms. The summed E-state index contributed by atoms with van der Waals surface area (Å²) in [5.41, 5.74) is 2.91. The molecule has 0 unspecified atom stereocenters. The molecule has 0 radical (unpaired) electrons. The molecular weight excluding hydrogens is 462 g/mol. The quantitative estimate of drug-likeness (QED) is 0.226. The van der Waals surface area contributed by atoms with Crippen LogP contribution >= 0.6 is 11.6 Å². The van der Waals surface area contributed by atoms with Crippen LogP contribution in [0.2, 0.25) is 5.02 Å². The molecule has 1 N–H and O–H groups in total. The van der Waals surface area contributed by atoms with Crippen LogP contribution in [0.4, 0.5) is 5.69 Å². The Morgan fingerprint density at radius 3 is 2.54 bits per heavy atom. The van der Waals surface area contributed by atoms with Crippen molar-refractivity contribution < 1.29 is 14.3 Å². The van der Waals surface area contributed by atoms with E-state index in [4.69, 9.17) is 21.1 Å². The number of hydrogen-bond acceptors (Lipinski definition) is 5. The van der Waals surface area contributed by atoms with Gasteiger partial charge in [-0.05, 0) is 48.4 Å². The Balaban J connectivity index is 1.93. The molecule has 1 amide bonds. The van der Waals surface area contributed by atoms with Gasteiger partial charge in [-0.1, -0.05) is 48.0 Å². The minimum absolute atomic E-state index is 0.104. The van der Waals surface area contributed by atoms with Crippen molar-refractivity contribution in [2.45, 2.75) is 13.0 Å². The maximum absolute atomic E-state index is 12.7. The van der Waals surface area contributed by atoms with E-state index in [-0.39, 0.29) is 12.2 Å². The summed E-state index contributed by atoms with van der Waals surface area (Å²) in [6.07, 6.45) is 3.64. The highest BCUT2D eigenvalue weighted by atomic mass is 35.5. The zero-order chi connectivity index (χ0) is 25.2. The van der Waals surface area contributed by atoms with E-state index in [2.05, 4.69) is 18.0 Å². The van der Waals surface area contributed by atoms with E-state index in [9.17, 15) is 15.3 Å². The van der Waals surface area contributed by atoms with Crippen LogP contribution in [0.5, 0.6) is 11.5 Å². The van der Waals surface area contributed by atoms with Crippen molar-refractivity contribution in [3.05, 3.63) is 106 Å². The number of benzene rings is 3. The van der Waals surface area contributed by atoms with Crippen LogP contribution in [0.1, 0.15) is 22.3 Å². The molecule has 35 heavy (non-hydrogen) atoms. The smallest absolute Gasteiger partial charge is 0.266 e. The van der Waals surface area contributed by atoms with Gasteiger partial charge in [0.15, 0.2) is 11.5 Å². The Morgan fingerprint density at radius 2 is 1.86 bits per heavy atom. The normalized spacial score (nSPS) is 10.6. The summed E-state index contributed by atoms with van der Waals surface area (Å²) in [6, 6.07) is 21.5. The fraction of sp³-hybridized carbons (Fsp3) is 0.107. The van der Waals surface area contributed by atoms with Crippen LogP contribution in [0.25, 0.3) is 6.08 Å². The van der Waals surface area contributed by atoms with Crippen LogP contribution in [0.15, 0.2) is 78.9 Å². The third-order valence-electron chi connectivity index (χ3n) is 5.05. The van der Waals surface area contributed by atoms with Gasteiger partial charge in [-0.25, -0.2) is 0 Å². The number of nitrogens with zero attached hydrogens (tertiary/aromatic N) is 2. The van der Waals surface area contributed by atoms with Gasteiger partial charge in [0.05, 0.1) is 29.5 Å². The van der Waals surface area contributed by atoms with Crippen molar-refractivity contribution in [3.8, 4) is 23.6 Å². The molecule has 0 aliphatic rings. The number of carbonyl (C=O) groups is 1. The summed E-state index contributed by atoms with van der Waals surface area (Å²) in [5, 5.41) is 22.0. The number of allylic oxidation sites excluding steroid dienone is 1. The van der Waals surface area contributed by atoms with Crippen LogP contribution in [0.3, 0.4) is 0 Å². The van der Waals surface area contributed by atoms with E-state index in [1.165, 1.54) is 13.2 Å². The number of anilines is 1. The van der Waals surface area contributed by atoms with E-state index in [1.54, 1.807) is 54.6 Å². The summed E-state index contributed by atoms with van der Waals surface area (Å²) in [6.45, 7) is 3.97. The molecule has 3 aromatic carbocycles. The van der Waals surface area contributed by atoms with E-state index in [0.717, 1.165) is 11.1 Å². The highest BCUT2D eigenvalue weighted by molar-refractivity contribution is 6.34. The first kappa shape index (κ1) is 25.1. The van der Waals surface area contributed by atoms with Crippen LogP contribution in [-0.4, -0.2) is 13.0 Å². The van der Waals surface area contributed by atoms with Gasteiger partial charge in [0.1, 0.15) is 18.2 Å². The third-order valence-corrected chi connectivity index (χ3v) is 5.38. The first-order valence-electron chi connectivity index (χ1n) is 10.6. The summed E-state index contributed by atoms with van der Waals surface area (Å²) < 4.78 is 11.6. The second-order valence-electron chi connectivity index (χ2n) is 7.37. The van der Waals surface area contributed by atoms with Gasteiger partial charge in [-0.2, -0.15) is 10.5 Å². The second kappa shape index (κ2) is 12.1. The van der Waals surface area contributed by atoms with Gasteiger partial charge in [-0.15, -0.1) is 6.58 Å². The average molecular weight is 484 g/mol. The Labute approximate surface area is 209 Å². The first-order valence-corrected chi connectivity index (χ1v) is 11.0. The summed E-state index contributed by atoms with van der Waals surface area (Å²) in [7, 11) is 1.51. The Hall–Kier alpha value is -4.52.